The Kier molecular flexibility index (Phi) is 4.81. The van der Waals surface area contributed by atoms with E-state index in [1.54, 1.807) is 0 Å². The minimum absolute atomic E-state index is 0.0430. The number of benzene rings is 1. The Morgan fingerprint density at radius 3 is 2.84 bits per heavy atom. The second-order valence-electron chi connectivity index (χ2n) is 7.53. The van der Waals surface area contributed by atoms with Crippen LogP contribution in [0.1, 0.15) is 12.8 Å². The van der Waals surface area contributed by atoms with E-state index in [9.17, 15) is 4.79 Å². The van der Waals surface area contributed by atoms with Crippen LogP contribution in [0.25, 0.3) is 0 Å². The smallest absolute Gasteiger partial charge is 0.238 e. The van der Waals surface area contributed by atoms with Crippen molar-refractivity contribution in [2.24, 2.45) is 11.8 Å². The van der Waals surface area contributed by atoms with Crippen molar-refractivity contribution in [2.75, 3.05) is 58.3 Å². The zero-order chi connectivity index (χ0) is 17.2. The summed E-state index contributed by atoms with van der Waals surface area (Å²) in [6, 6.07) is 5.61. The van der Waals surface area contributed by atoms with Gasteiger partial charge >= 0.3 is 0 Å². The van der Waals surface area contributed by atoms with Crippen molar-refractivity contribution >= 4 is 11.6 Å². The number of nitrogens with zero attached hydrogens (tertiary/aromatic N) is 2. The lowest BCUT2D eigenvalue weighted by Crippen LogP contribution is -2.37. The Hall–Kier alpha value is -1.79. The summed E-state index contributed by atoms with van der Waals surface area (Å²) in [6.07, 6.45) is 2.13. The molecule has 6 nitrogen and oxygen atoms in total. The maximum Gasteiger partial charge on any atom is 0.238 e. The first-order valence-corrected chi connectivity index (χ1v) is 9.28. The van der Waals surface area contributed by atoms with Gasteiger partial charge in [0.2, 0.25) is 5.91 Å². The van der Waals surface area contributed by atoms with E-state index in [0.717, 1.165) is 43.4 Å². The molecule has 0 aliphatic carbocycles. The summed E-state index contributed by atoms with van der Waals surface area (Å²) in [5.74, 6) is 2.97. The molecule has 0 radical (unpaired) electrons. The topological polar surface area (TPSA) is 54.0 Å². The molecule has 2 saturated heterocycles. The summed E-state index contributed by atoms with van der Waals surface area (Å²) in [5, 5.41) is 3.00. The number of hydrogen-bond acceptors (Lipinski definition) is 5. The molecule has 1 amide bonds. The lowest BCUT2D eigenvalue weighted by molar-refractivity contribution is -0.117. The number of carbonyl (C=O) groups excluding carboxylic acids is 1. The van der Waals surface area contributed by atoms with Crippen molar-refractivity contribution in [3.63, 3.8) is 0 Å². The number of piperidine rings is 1. The summed E-state index contributed by atoms with van der Waals surface area (Å²) < 4.78 is 11.3. The van der Waals surface area contributed by atoms with Gasteiger partial charge in [-0.25, -0.2) is 0 Å². The fourth-order valence-corrected chi connectivity index (χ4v) is 4.22. The average Bonchev–Trinajstić information content (AvgIpc) is 2.82. The van der Waals surface area contributed by atoms with E-state index < -0.39 is 0 Å². The maximum atomic E-state index is 12.4. The van der Waals surface area contributed by atoms with Gasteiger partial charge in [-0.05, 0) is 44.0 Å². The molecule has 3 aliphatic rings. The molecule has 136 valence electrons. The molecular formula is C19H27N3O3. The molecule has 0 unspecified atom stereocenters. The number of nitrogens with one attached hydrogen (secondary N) is 1. The molecular weight excluding hydrogens is 318 g/mol. The largest absolute Gasteiger partial charge is 0.490 e. The normalized spacial score (nSPS) is 26.8. The van der Waals surface area contributed by atoms with Crippen LogP contribution in [-0.2, 0) is 4.79 Å². The van der Waals surface area contributed by atoms with Crippen molar-refractivity contribution < 1.29 is 14.3 Å². The molecule has 2 fully saturated rings. The molecule has 3 heterocycles. The Morgan fingerprint density at radius 2 is 1.96 bits per heavy atom. The van der Waals surface area contributed by atoms with E-state index >= 15 is 0 Å². The Labute approximate surface area is 149 Å². The van der Waals surface area contributed by atoms with Gasteiger partial charge in [-0.2, -0.15) is 0 Å². The molecule has 1 N–H and O–H groups in total. The predicted molar refractivity (Wildman–Crippen MR) is 96.2 cm³/mol. The average molecular weight is 345 g/mol. The zero-order valence-electron chi connectivity index (χ0n) is 14.9. The highest BCUT2D eigenvalue weighted by Gasteiger charge is 2.36. The molecule has 4 rings (SSSR count). The predicted octanol–water partition coefficient (Wildman–Crippen LogP) is 1.67. The van der Waals surface area contributed by atoms with E-state index in [1.807, 2.05) is 18.2 Å². The lowest BCUT2D eigenvalue weighted by Gasteiger charge is -2.31. The molecule has 1 aromatic carbocycles. The number of hydrogen-bond donors (Lipinski definition) is 1. The minimum atomic E-state index is 0.0430. The SMILES string of the molecule is CN1CC[C@@H]2CN(CC(=O)Nc3ccc4c(c3)OCCCO4)C[C@@H]2C1. The highest BCUT2D eigenvalue weighted by Crippen LogP contribution is 2.33. The van der Waals surface area contributed by atoms with Crippen LogP contribution in [0.2, 0.25) is 0 Å². The van der Waals surface area contributed by atoms with Crippen LogP contribution >= 0.6 is 0 Å². The molecule has 2 atom stereocenters. The summed E-state index contributed by atoms with van der Waals surface area (Å²) in [4.78, 5) is 17.1. The highest BCUT2D eigenvalue weighted by molar-refractivity contribution is 5.92. The lowest BCUT2D eigenvalue weighted by atomic mass is 9.89. The molecule has 6 heteroatoms. The minimum Gasteiger partial charge on any atom is -0.490 e. The van der Waals surface area contributed by atoms with E-state index in [0.29, 0.717) is 31.4 Å². The Bertz CT molecular complexity index is 636. The molecule has 25 heavy (non-hydrogen) atoms. The Morgan fingerprint density at radius 1 is 1.16 bits per heavy atom. The third-order valence-corrected chi connectivity index (χ3v) is 5.48. The van der Waals surface area contributed by atoms with Crippen LogP contribution in [0.3, 0.4) is 0 Å². The quantitative estimate of drug-likeness (QED) is 0.903. The molecule has 0 spiro atoms. The van der Waals surface area contributed by atoms with Crippen LogP contribution in [0.4, 0.5) is 5.69 Å². The first kappa shape index (κ1) is 16.7. The van der Waals surface area contributed by atoms with Gasteiger partial charge < -0.3 is 19.7 Å². The molecule has 0 aromatic heterocycles. The number of fused-ring (bicyclic) bond motifs is 2. The number of likely N-dealkylation sites (tertiary alicyclic amines) is 2. The number of ether oxygens (including phenoxy) is 2. The third-order valence-electron chi connectivity index (χ3n) is 5.48. The van der Waals surface area contributed by atoms with Gasteiger partial charge in [-0.15, -0.1) is 0 Å². The van der Waals surface area contributed by atoms with Crippen molar-refractivity contribution in [1.29, 1.82) is 0 Å². The van der Waals surface area contributed by atoms with Crippen molar-refractivity contribution in [3.8, 4) is 11.5 Å². The molecule has 0 saturated carbocycles. The summed E-state index contributed by atoms with van der Waals surface area (Å²) in [6.45, 7) is 6.20. The van der Waals surface area contributed by atoms with E-state index in [-0.39, 0.29) is 5.91 Å². The number of amides is 1. The van der Waals surface area contributed by atoms with Crippen LogP contribution in [0.5, 0.6) is 11.5 Å². The van der Waals surface area contributed by atoms with Gasteiger partial charge in [0.05, 0.1) is 19.8 Å². The third kappa shape index (κ3) is 3.90. The van der Waals surface area contributed by atoms with E-state index in [4.69, 9.17) is 9.47 Å². The second kappa shape index (κ2) is 7.22. The maximum absolute atomic E-state index is 12.4. The number of carbonyl (C=O) groups is 1. The van der Waals surface area contributed by atoms with Gasteiger partial charge in [0.1, 0.15) is 0 Å². The second-order valence-corrected chi connectivity index (χ2v) is 7.53. The standard InChI is InChI=1S/C19H27N3O3/c1-21-6-5-14-11-22(12-15(14)10-21)13-19(23)20-16-3-4-17-18(9-16)25-8-2-7-24-17/h3-4,9,14-15H,2,5-8,10-13H2,1H3,(H,20,23)/t14-,15+/m1/s1. The molecule has 1 aromatic rings. The van der Waals surface area contributed by atoms with Crippen LogP contribution in [0.15, 0.2) is 18.2 Å². The van der Waals surface area contributed by atoms with Crippen LogP contribution in [0, 0.1) is 11.8 Å². The van der Waals surface area contributed by atoms with Gasteiger partial charge in [0.25, 0.3) is 0 Å². The Balaban J connectivity index is 1.33. The van der Waals surface area contributed by atoms with Crippen molar-refractivity contribution in [3.05, 3.63) is 18.2 Å². The first-order chi connectivity index (χ1) is 12.2. The monoisotopic (exact) mass is 345 g/mol. The molecule has 0 bridgehead atoms. The van der Waals surface area contributed by atoms with Gasteiger partial charge in [-0.3, -0.25) is 9.69 Å². The van der Waals surface area contributed by atoms with Crippen molar-refractivity contribution in [1.82, 2.24) is 9.80 Å². The fourth-order valence-electron chi connectivity index (χ4n) is 4.22. The van der Waals surface area contributed by atoms with Crippen molar-refractivity contribution in [2.45, 2.75) is 12.8 Å². The summed E-state index contributed by atoms with van der Waals surface area (Å²) >= 11 is 0. The summed E-state index contributed by atoms with van der Waals surface area (Å²) in [7, 11) is 2.19. The fraction of sp³-hybridized carbons (Fsp3) is 0.632. The van der Waals surface area contributed by atoms with E-state index in [1.165, 1.54) is 13.0 Å². The highest BCUT2D eigenvalue weighted by atomic mass is 16.5. The molecule has 3 aliphatic heterocycles. The van der Waals surface area contributed by atoms with Gasteiger partial charge in [0.15, 0.2) is 11.5 Å². The van der Waals surface area contributed by atoms with Crippen LogP contribution < -0.4 is 14.8 Å². The number of anilines is 1. The first-order valence-electron chi connectivity index (χ1n) is 9.28. The summed E-state index contributed by atoms with van der Waals surface area (Å²) in [5.41, 5.74) is 0.769. The zero-order valence-corrected chi connectivity index (χ0v) is 14.9. The van der Waals surface area contributed by atoms with Gasteiger partial charge in [-0.1, -0.05) is 0 Å². The van der Waals surface area contributed by atoms with Crippen LogP contribution in [-0.4, -0.2) is 68.7 Å². The number of rotatable bonds is 3. The van der Waals surface area contributed by atoms with Gasteiger partial charge in [0, 0.05) is 37.8 Å². The van der Waals surface area contributed by atoms with E-state index in [2.05, 4.69) is 22.2 Å².